The average molecular weight is 427 g/mol. The minimum Gasteiger partial charge on any atom is -0.376 e. The van der Waals surface area contributed by atoms with Crippen LogP contribution < -0.4 is 11.1 Å². The van der Waals surface area contributed by atoms with Crippen molar-refractivity contribution in [3.63, 3.8) is 0 Å². The van der Waals surface area contributed by atoms with Gasteiger partial charge in [-0.3, -0.25) is 9.59 Å². The van der Waals surface area contributed by atoms with Crippen LogP contribution in [-0.4, -0.2) is 24.2 Å². The number of nitrogens with two attached hydrogens (primary N) is 1. The van der Waals surface area contributed by atoms with Gasteiger partial charge in [0.1, 0.15) is 5.00 Å². The third-order valence-corrected chi connectivity index (χ3v) is 6.09. The van der Waals surface area contributed by atoms with Gasteiger partial charge in [0, 0.05) is 14.2 Å². The van der Waals surface area contributed by atoms with E-state index in [4.69, 9.17) is 10.5 Å². The summed E-state index contributed by atoms with van der Waals surface area (Å²) in [4.78, 5) is 26.0. The van der Waals surface area contributed by atoms with Crippen LogP contribution in [0.1, 0.15) is 20.8 Å². The number of ether oxygens (including phenoxy) is 1. The molecule has 3 N–H and O–H groups in total. The molecule has 1 aromatic heterocycles. The highest BCUT2D eigenvalue weighted by molar-refractivity contribution is 9.10. The number of carbonyl (C=O) groups is 2. The Labute approximate surface area is 156 Å². The quantitative estimate of drug-likeness (QED) is 0.717. The molecule has 8 heteroatoms. The van der Waals surface area contributed by atoms with E-state index >= 15 is 0 Å². The summed E-state index contributed by atoms with van der Waals surface area (Å²) in [5, 5.41) is 3.35. The highest BCUT2D eigenvalue weighted by Gasteiger charge is 2.25. The molecule has 1 aliphatic rings. The Kier molecular flexibility index (Phi) is 5.60. The lowest BCUT2D eigenvalue weighted by Gasteiger charge is -2.12. The van der Waals surface area contributed by atoms with Crippen LogP contribution in [0.2, 0.25) is 0 Å². The molecule has 0 fully saturated rings. The zero-order valence-electron chi connectivity index (χ0n) is 12.6. The number of fused-ring (bicyclic) bond motifs is 1. The molecular formula is C16H15BrN2O3S2. The second kappa shape index (κ2) is 7.69. The number of rotatable bonds is 5. The first kappa shape index (κ1) is 17.5. The largest absolute Gasteiger partial charge is 0.376 e. The number of hydrogen-bond acceptors (Lipinski definition) is 5. The van der Waals surface area contributed by atoms with Crippen molar-refractivity contribution in [2.24, 2.45) is 5.73 Å². The van der Waals surface area contributed by atoms with Crippen molar-refractivity contribution in [3.8, 4) is 0 Å². The number of thiophene rings is 1. The highest BCUT2D eigenvalue weighted by atomic mass is 79.9. The third-order valence-electron chi connectivity index (χ3n) is 3.49. The van der Waals surface area contributed by atoms with Gasteiger partial charge >= 0.3 is 0 Å². The van der Waals surface area contributed by atoms with Gasteiger partial charge in [-0.1, -0.05) is 22.0 Å². The second-order valence-corrected chi connectivity index (χ2v) is 8.24. The molecule has 24 heavy (non-hydrogen) atoms. The van der Waals surface area contributed by atoms with Gasteiger partial charge in [0.05, 0.1) is 24.5 Å². The molecule has 0 aliphatic carbocycles. The summed E-state index contributed by atoms with van der Waals surface area (Å²) in [6.07, 6.45) is 0.646. The number of carbonyl (C=O) groups excluding carboxylic acids is 2. The summed E-state index contributed by atoms with van der Waals surface area (Å²) >= 11 is 6.21. The van der Waals surface area contributed by atoms with Crippen molar-refractivity contribution >= 4 is 55.8 Å². The van der Waals surface area contributed by atoms with E-state index in [2.05, 4.69) is 21.2 Å². The van der Waals surface area contributed by atoms with Crippen molar-refractivity contribution in [2.45, 2.75) is 17.9 Å². The lowest BCUT2D eigenvalue weighted by Crippen LogP contribution is -2.20. The van der Waals surface area contributed by atoms with Gasteiger partial charge in [-0.05, 0) is 30.2 Å². The topological polar surface area (TPSA) is 81.4 Å². The van der Waals surface area contributed by atoms with Crippen LogP contribution in [0.15, 0.2) is 33.6 Å². The van der Waals surface area contributed by atoms with Gasteiger partial charge in [-0.2, -0.15) is 0 Å². The number of benzene rings is 1. The van der Waals surface area contributed by atoms with Gasteiger partial charge in [0.15, 0.2) is 0 Å². The number of nitrogens with one attached hydrogen (secondary N) is 1. The molecule has 0 saturated carbocycles. The Bertz CT molecular complexity index is 792. The zero-order valence-corrected chi connectivity index (χ0v) is 15.9. The fourth-order valence-electron chi connectivity index (χ4n) is 2.45. The molecule has 0 bridgehead atoms. The maximum atomic E-state index is 12.2. The molecule has 1 aliphatic heterocycles. The smallest absolute Gasteiger partial charge is 0.251 e. The summed E-state index contributed by atoms with van der Waals surface area (Å²) in [6, 6.07) is 7.75. The molecule has 2 heterocycles. The Morgan fingerprint density at radius 3 is 3.00 bits per heavy atom. The summed E-state index contributed by atoms with van der Waals surface area (Å²) in [6.45, 7) is 1.03. The SMILES string of the molecule is NC(=O)c1c(NC(=O)CSc2cccc(Br)c2)sc2c1CCOC2. The lowest BCUT2D eigenvalue weighted by molar-refractivity contribution is -0.113. The number of amides is 2. The molecule has 0 saturated heterocycles. The van der Waals surface area contributed by atoms with Gasteiger partial charge < -0.3 is 15.8 Å². The lowest BCUT2D eigenvalue weighted by atomic mass is 10.1. The maximum absolute atomic E-state index is 12.2. The molecule has 0 unspecified atom stereocenters. The first-order valence-corrected chi connectivity index (χ1v) is 9.84. The molecule has 5 nitrogen and oxygen atoms in total. The van der Waals surface area contributed by atoms with Crippen molar-refractivity contribution in [3.05, 3.63) is 44.7 Å². The molecule has 1 aromatic carbocycles. The van der Waals surface area contributed by atoms with Crippen LogP contribution in [0.3, 0.4) is 0 Å². The zero-order chi connectivity index (χ0) is 17.1. The first-order chi connectivity index (χ1) is 11.5. The van der Waals surface area contributed by atoms with Crippen LogP contribution >= 0.6 is 39.0 Å². The van der Waals surface area contributed by atoms with E-state index in [1.165, 1.54) is 23.1 Å². The molecule has 0 radical (unpaired) electrons. The van der Waals surface area contributed by atoms with Gasteiger partial charge in [0.2, 0.25) is 5.91 Å². The summed E-state index contributed by atoms with van der Waals surface area (Å²) in [7, 11) is 0. The standard InChI is InChI=1S/C16H15BrN2O3S2/c17-9-2-1-3-10(6-9)23-8-13(20)19-16-14(15(18)21)11-4-5-22-7-12(11)24-16/h1-3,6H,4-5,7-8H2,(H2,18,21)(H,19,20). The van der Waals surface area contributed by atoms with E-state index in [1.54, 1.807) is 0 Å². The summed E-state index contributed by atoms with van der Waals surface area (Å²) in [5.74, 6) is -0.417. The van der Waals surface area contributed by atoms with Gasteiger partial charge in [-0.25, -0.2) is 0 Å². The number of hydrogen-bond donors (Lipinski definition) is 2. The van der Waals surface area contributed by atoms with Crippen LogP contribution in [0, 0.1) is 0 Å². The van der Waals surface area contributed by atoms with E-state index < -0.39 is 5.91 Å². The van der Waals surface area contributed by atoms with E-state index in [9.17, 15) is 9.59 Å². The van der Waals surface area contributed by atoms with Crippen molar-refractivity contribution in [2.75, 3.05) is 17.7 Å². The van der Waals surface area contributed by atoms with Gasteiger partial charge in [0.25, 0.3) is 5.91 Å². The minimum atomic E-state index is -0.510. The van der Waals surface area contributed by atoms with Gasteiger partial charge in [-0.15, -0.1) is 23.1 Å². The molecule has 126 valence electrons. The maximum Gasteiger partial charge on any atom is 0.251 e. The van der Waals surface area contributed by atoms with E-state index in [0.29, 0.717) is 30.2 Å². The third kappa shape index (κ3) is 4.00. The summed E-state index contributed by atoms with van der Waals surface area (Å²) in [5.41, 5.74) is 6.85. The van der Waals surface area contributed by atoms with Crippen molar-refractivity contribution in [1.29, 1.82) is 0 Å². The fourth-order valence-corrected chi connectivity index (χ4v) is 4.96. The molecular weight excluding hydrogens is 412 g/mol. The number of thioether (sulfide) groups is 1. The van der Waals surface area contributed by atoms with E-state index in [0.717, 1.165) is 19.8 Å². The number of primary amides is 1. The molecule has 2 aromatic rings. The Hall–Kier alpha value is -1.35. The first-order valence-electron chi connectivity index (χ1n) is 7.25. The minimum absolute atomic E-state index is 0.165. The molecule has 2 amide bonds. The second-order valence-electron chi connectivity index (χ2n) is 5.17. The summed E-state index contributed by atoms with van der Waals surface area (Å²) < 4.78 is 6.37. The monoisotopic (exact) mass is 426 g/mol. The van der Waals surface area contributed by atoms with Crippen molar-refractivity contribution in [1.82, 2.24) is 0 Å². The Morgan fingerprint density at radius 1 is 1.42 bits per heavy atom. The van der Waals surface area contributed by atoms with Crippen LogP contribution in [-0.2, 0) is 22.6 Å². The van der Waals surface area contributed by atoms with Crippen LogP contribution in [0.25, 0.3) is 0 Å². The Balaban J connectivity index is 1.70. The molecule has 0 atom stereocenters. The van der Waals surface area contributed by atoms with Crippen molar-refractivity contribution < 1.29 is 14.3 Å². The number of anilines is 1. The predicted molar refractivity (Wildman–Crippen MR) is 99.7 cm³/mol. The normalized spacial score (nSPS) is 13.4. The van der Waals surface area contributed by atoms with E-state index in [-0.39, 0.29) is 11.7 Å². The fraction of sp³-hybridized carbons (Fsp3) is 0.250. The van der Waals surface area contributed by atoms with Crippen LogP contribution in [0.4, 0.5) is 5.00 Å². The van der Waals surface area contributed by atoms with E-state index in [1.807, 2.05) is 24.3 Å². The number of halogens is 1. The average Bonchev–Trinajstić information content (AvgIpc) is 2.91. The van der Waals surface area contributed by atoms with Crippen LogP contribution in [0.5, 0.6) is 0 Å². The molecule has 3 rings (SSSR count). The predicted octanol–water partition coefficient (Wildman–Crippen LogP) is 3.41. The molecule has 0 spiro atoms. The highest BCUT2D eigenvalue weighted by Crippen LogP contribution is 2.36. The Morgan fingerprint density at radius 2 is 2.25 bits per heavy atom.